The van der Waals surface area contributed by atoms with Crippen molar-refractivity contribution in [1.82, 2.24) is 0 Å². The Morgan fingerprint density at radius 3 is 2.80 bits per heavy atom. The maximum atomic E-state index is 10.3. The van der Waals surface area contributed by atoms with Crippen LogP contribution in [-0.4, -0.2) is 23.4 Å². The highest BCUT2D eigenvalue weighted by molar-refractivity contribution is 5.36. The van der Waals surface area contributed by atoms with Gasteiger partial charge >= 0.3 is 0 Å². The van der Waals surface area contributed by atoms with Gasteiger partial charge in [-0.1, -0.05) is 24.3 Å². The number of ether oxygens (including phenoxy) is 1. The van der Waals surface area contributed by atoms with Crippen molar-refractivity contribution in [3.63, 3.8) is 0 Å². The highest BCUT2D eigenvalue weighted by atomic mass is 16.5. The lowest BCUT2D eigenvalue weighted by atomic mass is 9.71. The Balaban J connectivity index is 2.14. The molecule has 0 amide bonds. The Morgan fingerprint density at radius 1 is 1.33 bits per heavy atom. The predicted octanol–water partition coefficient (Wildman–Crippen LogP) is 1.17. The molecule has 2 aliphatic rings. The molecule has 1 fully saturated rings. The average Bonchev–Trinajstić information content (AvgIpc) is 2.69. The second kappa shape index (κ2) is 3.04. The molecule has 3 atom stereocenters. The van der Waals surface area contributed by atoms with Crippen LogP contribution in [0.1, 0.15) is 29.8 Å². The summed E-state index contributed by atoms with van der Waals surface area (Å²) in [5.74, 6) is 0. The zero-order chi connectivity index (χ0) is 10.5. The number of fused-ring (bicyclic) bond motifs is 4. The van der Waals surface area contributed by atoms with Crippen molar-refractivity contribution in [2.24, 2.45) is 5.41 Å². The van der Waals surface area contributed by atoms with Crippen molar-refractivity contribution in [3.05, 3.63) is 35.4 Å². The molecule has 3 heteroatoms. The van der Waals surface area contributed by atoms with Gasteiger partial charge in [-0.25, -0.2) is 0 Å². The molecule has 1 aliphatic heterocycles. The van der Waals surface area contributed by atoms with E-state index in [-0.39, 0.29) is 12.7 Å². The van der Waals surface area contributed by atoms with E-state index < -0.39 is 11.5 Å². The summed E-state index contributed by atoms with van der Waals surface area (Å²) in [4.78, 5) is 0. The summed E-state index contributed by atoms with van der Waals surface area (Å²) >= 11 is 0. The van der Waals surface area contributed by atoms with Crippen LogP contribution in [0.5, 0.6) is 0 Å². The third-order valence-corrected chi connectivity index (χ3v) is 3.70. The van der Waals surface area contributed by atoms with Gasteiger partial charge in [0.1, 0.15) is 0 Å². The van der Waals surface area contributed by atoms with Gasteiger partial charge in [-0.3, -0.25) is 0 Å². The first kappa shape index (κ1) is 9.33. The molecule has 3 rings (SSSR count). The molecule has 0 aromatic heterocycles. The van der Waals surface area contributed by atoms with Crippen LogP contribution in [0.3, 0.4) is 0 Å². The van der Waals surface area contributed by atoms with Crippen molar-refractivity contribution < 1.29 is 14.9 Å². The first-order valence-corrected chi connectivity index (χ1v) is 5.26. The van der Waals surface area contributed by atoms with Crippen molar-refractivity contribution in [2.75, 3.05) is 13.2 Å². The first-order valence-electron chi connectivity index (χ1n) is 5.26. The summed E-state index contributed by atoms with van der Waals surface area (Å²) in [5.41, 5.74) is 1.52. The summed E-state index contributed by atoms with van der Waals surface area (Å²) in [5, 5.41) is 19.7. The number of aliphatic hydroxyl groups is 2. The van der Waals surface area contributed by atoms with Crippen LogP contribution >= 0.6 is 0 Å². The fourth-order valence-electron chi connectivity index (χ4n) is 2.72. The van der Waals surface area contributed by atoms with Crippen LogP contribution in [0.4, 0.5) is 0 Å². The van der Waals surface area contributed by atoms with Gasteiger partial charge in [0.15, 0.2) is 0 Å². The van der Waals surface area contributed by atoms with Crippen LogP contribution in [0.25, 0.3) is 0 Å². The smallest absolute Gasteiger partial charge is 0.0895 e. The summed E-state index contributed by atoms with van der Waals surface area (Å²) in [6.07, 6.45) is 0.177. The van der Waals surface area contributed by atoms with Crippen LogP contribution in [0, 0.1) is 5.41 Å². The lowest BCUT2D eigenvalue weighted by molar-refractivity contribution is -0.0234. The van der Waals surface area contributed by atoms with Crippen molar-refractivity contribution in [1.29, 1.82) is 0 Å². The summed E-state index contributed by atoms with van der Waals surface area (Å²) < 4.78 is 5.65. The largest absolute Gasteiger partial charge is 0.396 e. The molecule has 0 radical (unpaired) electrons. The molecular weight excluding hydrogens is 192 g/mol. The van der Waals surface area contributed by atoms with E-state index in [4.69, 9.17) is 4.74 Å². The van der Waals surface area contributed by atoms with Gasteiger partial charge in [0.05, 0.1) is 25.4 Å². The quantitative estimate of drug-likeness (QED) is 0.725. The average molecular weight is 206 g/mol. The molecular formula is C12H14O3. The molecule has 2 bridgehead atoms. The topological polar surface area (TPSA) is 49.7 Å². The van der Waals surface area contributed by atoms with Crippen molar-refractivity contribution in [2.45, 2.75) is 18.6 Å². The van der Waals surface area contributed by atoms with Gasteiger partial charge in [-0.15, -0.1) is 0 Å². The van der Waals surface area contributed by atoms with E-state index in [1.54, 1.807) is 0 Å². The van der Waals surface area contributed by atoms with Crippen molar-refractivity contribution >= 4 is 0 Å². The number of hydrogen-bond donors (Lipinski definition) is 2. The summed E-state index contributed by atoms with van der Waals surface area (Å²) in [6, 6.07) is 7.79. The van der Waals surface area contributed by atoms with Crippen LogP contribution < -0.4 is 0 Å². The molecule has 0 saturated carbocycles. The normalized spacial score (nSPS) is 37.7. The van der Waals surface area contributed by atoms with Crippen LogP contribution in [0.15, 0.2) is 24.3 Å². The van der Waals surface area contributed by atoms with Gasteiger partial charge in [0, 0.05) is 5.41 Å². The molecule has 80 valence electrons. The second-order valence-corrected chi connectivity index (χ2v) is 4.56. The van der Waals surface area contributed by atoms with Gasteiger partial charge < -0.3 is 14.9 Å². The fraction of sp³-hybridized carbons (Fsp3) is 0.500. The zero-order valence-corrected chi connectivity index (χ0v) is 8.39. The summed E-state index contributed by atoms with van der Waals surface area (Å²) in [7, 11) is 0. The molecule has 1 aromatic carbocycles. The van der Waals surface area contributed by atoms with Gasteiger partial charge in [-0.2, -0.15) is 0 Å². The van der Waals surface area contributed by atoms with Gasteiger partial charge in [-0.05, 0) is 17.5 Å². The van der Waals surface area contributed by atoms with E-state index in [2.05, 4.69) is 0 Å². The lowest BCUT2D eigenvalue weighted by Gasteiger charge is -2.35. The highest BCUT2D eigenvalue weighted by Gasteiger charge is 2.51. The van der Waals surface area contributed by atoms with E-state index in [0.717, 1.165) is 17.5 Å². The second-order valence-electron chi connectivity index (χ2n) is 4.56. The SMILES string of the molecule is OC[C@@]12CO[C@@H](C1)c1ccccc1[C@H]2O. The molecule has 3 nitrogen and oxygen atoms in total. The van der Waals surface area contributed by atoms with E-state index in [9.17, 15) is 10.2 Å². The molecule has 0 spiro atoms. The number of aliphatic hydroxyl groups excluding tert-OH is 2. The maximum absolute atomic E-state index is 10.3. The monoisotopic (exact) mass is 206 g/mol. The maximum Gasteiger partial charge on any atom is 0.0895 e. The van der Waals surface area contributed by atoms with E-state index >= 15 is 0 Å². The van der Waals surface area contributed by atoms with E-state index in [1.807, 2.05) is 24.3 Å². The zero-order valence-electron chi connectivity index (χ0n) is 8.39. The number of rotatable bonds is 1. The predicted molar refractivity (Wildman–Crippen MR) is 54.2 cm³/mol. The third kappa shape index (κ3) is 1.11. The molecule has 1 heterocycles. The Labute approximate surface area is 88.3 Å². The van der Waals surface area contributed by atoms with E-state index in [0.29, 0.717) is 6.61 Å². The standard InChI is InChI=1S/C12H14O3/c13-6-12-5-10(15-7-12)8-3-1-2-4-9(8)11(12)14/h1-4,10-11,13-14H,5-7H2/t10-,11+,12+/m0/s1. The number of benzene rings is 1. The van der Waals surface area contributed by atoms with Crippen molar-refractivity contribution in [3.8, 4) is 0 Å². The Bertz CT molecular complexity index is 390. The minimum atomic E-state index is -0.600. The fourth-order valence-corrected chi connectivity index (χ4v) is 2.72. The van der Waals surface area contributed by atoms with E-state index in [1.165, 1.54) is 0 Å². The highest BCUT2D eigenvalue weighted by Crippen LogP contribution is 2.54. The third-order valence-electron chi connectivity index (χ3n) is 3.70. The van der Waals surface area contributed by atoms with Gasteiger partial charge in [0.25, 0.3) is 0 Å². The molecule has 15 heavy (non-hydrogen) atoms. The lowest BCUT2D eigenvalue weighted by Crippen LogP contribution is -2.35. The molecule has 1 aromatic rings. The van der Waals surface area contributed by atoms with Crippen LogP contribution in [0.2, 0.25) is 0 Å². The molecule has 0 unspecified atom stereocenters. The molecule has 1 aliphatic carbocycles. The first-order chi connectivity index (χ1) is 7.27. The molecule has 2 N–H and O–H groups in total. The Kier molecular flexibility index (Phi) is 1.89. The minimum Gasteiger partial charge on any atom is -0.396 e. The van der Waals surface area contributed by atoms with Gasteiger partial charge in [0.2, 0.25) is 0 Å². The van der Waals surface area contributed by atoms with Crippen LogP contribution in [-0.2, 0) is 4.74 Å². The number of hydrogen-bond acceptors (Lipinski definition) is 3. The molecule has 1 saturated heterocycles. The Morgan fingerprint density at radius 2 is 2.07 bits per heavy atom. The summed E-state index contributed by atoms with van der Waals surface area (Å²) in [6.45, 7) is 0.434. The Hall–Kier alpha value is -0.900. The minimum absolute atomic E-state index is 0.0149.